The predicted molar refractivity (Wildman–Crippen MR) is 69.6 cm³/mol. The summed E-state index contributed by atoms with van der Waals surface area (Å²) < 4.78 is 0. The molecule has 1 heterocycles. The summed E-state index contributed by atoms with van der Waals surface area (Å²) in [6.45, 7) is 11.0. The van der Waals surface area contributed by atoms with Crippen LogP contribution in [-0.4, -0.2) is 36.2 Å². The maximum atomic E-state index is 9.13. The lowest BCUT2D eigenvalue weighted by atomic mass is 9.72. The lowest BCUT2D eigenvalue weighted by molar-refractivity contribution is 0.0431. The molecule has 1 aliphatic rings. The van der Waals surface area contributed by atoms with Gasteiger partial charge in [-0.05, 0) is 43.7 Å². The van der Waals surface area contributed by atoms with E-state index in [9.17, 15) is 0 Å². The van der Waals surface area contributed by atoms with Crippen molar-refractivity contribution in [2.75, 3.05) is 26.2 Å². The average molecular weight is 227 g/mol. The summed E-state index contributed by atoms with van der Waals surface area (Å²) in [7, 11) is 0. The summed E-state index contributed by atoms with van der Waals surface area (Å²) >= 11 is 0. The molecule has 2 nitrogen and oxygen atoms in total. The largest absolute Gasteiger partial charge is 0.396 e. The van der Waals surface area contributed by atoms with Gasteiger partial charge in [0.2, 0.25) is 0 Å². The summed E-state index contributed by atoms with van der Waals surface area (Å²) in [5.74, 6) is 0.674. The van der Waals surface area contributed by atoms with E-state index in [1.807, 2.05) is 0 Å². The molecule has 0 bridgehead atoms. The fourth-order valence-electron chi connectivity index (χ4n) is 2.73. The van der Waals surface area contributed by atoms with E-state index >= 15 is 0 Å². The first-order valence-electron chi connectivity index (χ1n) is 6.93. The second-order valence-corrected chi connectivity index (χ2v) is 5.96. The van der Waals surface area contributed by atoms with Crippen LogP contribution in [0.2, 0.25) is 0 Å². The first-order chi connectivity index (χ1) is 7.60. The van der Waals surface area contributed by atoms with E-state index in [-0.39, 0.29) is 0 Å². The summed E-state index contributed by atoms with van der Waals surface area (Å²) in [5.41, 5.74) is 0.421. The molecule has 1 saturated heterocycles. The first kappa shape index (κ1) is 14.0. The van der Waals surface area contributed by atoms with E-state index in [1.165, 1.54) is 45.3 Å². The number of rotatable bonds is 6. The quantitative estimate of drug-likeness (QED) is 0.705. The van der Waals surface area contributed by atoms with Gasteiger partial charge in [0.1, 0.15) is 0 Å². The van der Waals surface area contributed by atoms with Gasteiger partial charge in [-0.25, -0.2) is 0 Å². The van der Waals surface area contributed by atoms with Gasteiger partial charge in [-0.15, -0.1) is 0 Å². The van der Waals surface area contributed by atoms with Crippen LogP contribution < -0.4 is 0 Å². The molecule has 1 fully saturated rings. The van der Waals surface area contributed by atoms with Crippen molar-refractivity contribution in [1.29, 1.82) is 0 Å². The normalized spacial score (nSPS) is 25.9. The van der Waals surface area contributed by atoms with E-state index in [2.05, 4.69) is 25.7 Å². The Labute approximate surface area is 101 Å². The van der Waals surface area contributed by atoms with Crippen molar-refractivity contribution in [3.63, 3.8) is 0 Å². The van der Waals surface area contributed by atoms with Gasteiger partial charge in [-0.3, -0.25) is 0 Å². The van der Waals surface area contributed by atoms with E-state index < -0.39 is 0 Å². The third-order valence-corrected chi connectivity index (χ3v) is 4.21. The zero-order valence-corrected chi connectivity index (χ0v) is 11.3. The Morgan fingerprint density at radius 1 is 1.31 bits per heavy atom. The van der Waals surface area contributed by atoms with E-state index in [0.717, 1.165) is 6.42 Å². The molecule has 1 N–H and O–H groups in total. The summed E-state index contributed by atoms with van der Waals surface area (Å²) in [6.07, 6.45) is 6.24. The minimum Gasteiger partial charge on any atom is -0.396 e. The summed E-state index contributed by atoms with van der Waals surface area (Å²) in [5, 5.41) is 9.13. The van der Waals surface area contributed by atoms with Crippen LogP contribution in [-0.2, 0) is 0 Å². The van der Waals surface area contributed by atoms with Gasteiger partial charge in [0.15, 0.2) is 0 Å². The SMILES string of the molecule is CCCCCN1CCC(C)(C)C(CCO)C1. The number of hydrogen-bond donors (Lipinski definition) is 1. The number of aliphatic hydroxyl groups excluding tert-OH is 1. The van der Waals surface area contributed by atoms with Crippen LogP contribution >= 0.6 is 0 Å². The van der Waals surface area contributed by atoms with Crippen molar-refractivity contribution in [3.8, 4) is 0 Å². The number of nitrogens with zero attached hydrogens (tertiary/aromatic N) is 1. The van der Waals surface area contributed by atoms with Gasteiger partial charge in [-0.2, -0.15) is 0 Å². The number of unbranched alkanes of at least 4 members (excludes halogenated alkanes) is 2. The fraction of sp³-hybridized carbons (Fsp3) is 1.00. The zero-order valence-electron chi connectivity index (χ0n) is 11.3. The molecule has 1 rings (SSSR count). The van der Waals surface area contributed by atoms with Crippen molar-refractivity contribution in [3.05, 3.63) is 0 Å². The standard InChI is InChI=1S/C14H29NO/c1-4-5-6-9-15-10-8-14(2,3)13(12-15)7-11-16/h13,16H,4-12H2,1-3H3. The second-order valence-electron chi connectivity index (χ2n) is 5.96. The minimum atomic E-state index is 0.344. The monoisotopic (exact) mass is 227 g/mol. The molecule has 16 heavy (non-hydrogen) atoms. The van der Waals surface area contributed by atoms with E-state index in [0.29, 0.717) is 17.9 Å². The molecule has 0 aromatic heterocycles. The third kappa shape index (κ3) is 4.06. The predicted octanol–water partition coefficient (Wildman–Crippen LogP) is 2.91. The van der Waals surface area contributed by atoms with Gasteiger partial charge in [0, 0.05) is 13.2 Å². The van der Waals surface area contributed by atoms with Gasteiger partial charge in [0.05, 0.1) is 0 Å². The minimum absolute atomic E-state index is 0.344. The highest BCUT2D eigenvalue weighted by Crippen LogP contribution is 2.37. The van der Waals surface area contributed by atoms with Crippen LogP contribution in [0.4, 0.5) is 0 Å². The van der Waals surface area contributed by atoms with Crippen molar-refractivity contribution in [1.82, 2.24) is 4.90 Å². The Hall–Kier alpha value is -0.0800. The molecule has 2 heteroatoms. The van der Waals surface area contributed by atoms with Crippen LogP contribution in [0.3, 0.4) is 0 Å². The molecule has 96 valence electrons. The van der Waals surface area contributed by atoms with Crippen LogP contribution in [0.25, 0.3) is 0 Å². The summed E-state index contributed by atoms with van der Waals surface area (Å²) in [6, 6.07) is 0. The smallest absolute Gasteiger partial charge is 0.0434 e. The Bertz CT molecular complexity index is 191. The topological polar surface area (TPSA) is 23.5 Å². The van der Waals surface area contributed by atoms with E-state index in [4.69, 9.17) is 5.11 Å². The Morgan fingerprint density at radius 3 is 2.69 bits per heavy atom. The Morgan fingerprint density at radius 2 is 2.06 bits per heavy atom. The van der Waals surface area contributed by atoms with E-state index in [1.54, 1.807) is 0 Å². The van der Waals surface area contributed by atoms with Crippen molar-refractivity contribution >= 4 is 0 Å². The molecule has 0 spiro atoms. The molecule has 0 aliphatic carbocycles. The zero-order chi connectivity index (χ0) is 12.0. The molecular formula is C14H29NO. The van der Waals surface area contributed by atoms with Crippen LogP contribution in [0.1, 0.15) is 52.9 Å². The van der Waals surface area contributed by atoms with Gasteiger partial charge in [-0.1, -0.05) is 33.6 Å². The van der Waals surface area contributed by atoms with Crippen LogP contribution in [0.15, 0.2) is 0 Å². The highest BCUT2D eigenvalue weighted by Gasteiger charge is 2.34. The average Bonchev–Trinajstić information content (AvgIpc) is 2.23. The number of hydrogen-bond acceptors (Lipinski definition) is 2. The molecule has 1 unspecified atom stereocenters. The first-order valence-corrected chi connectivity index (χ1v) is 6.93. The Kier molecular flexibility index (Phi) is 5.77. The molecular weight excluding hydrogens is 198 g/mol. The number of likely N-dealkylation sites (tertiary alicyclic amines) is 1. The highest BCUT2D eigenvalue weighted by molar-refractivity contribution is 4.86. The van der Waals surface area contributed by atoms with Crippen LogP contribution in [0.5, 0.6) is 0 Å². The molecule has 1 aliphatic heterocycles. The second kappa shape index (κ2) is 6.61. The third-order valence-electron chi connectivity index (χ3n) is 4.21. The molecule has 0 aromatic carbocycles. The molecule has 1 atom stereocenters. The lowest BCUT2D eigenvalue weighted by Crippen LogP contribution is -2.45. The van der Waals surface area contributed by atoms with Crippen molar-refractivity contribution < 1.29 is 5.11 Å². The van der Waals surface area contributed by atoms with Gasteiger partial charge < -0.3 is 10.0 Å². The summed E-state index contributed by atoms with van der Waals surface area (Å²) in [4.78, 5) is 2.60. The fourth-order valence-corrected chi connectivity index (χ4v) is 2.73. The maximum Gasteiger partial charge on any atom is 0.0434 e. The van der Waals surface area contributed by atoms with Crippen molar-refractivity contribution in [2.45, 2.75) is 52.9 Å². The van der Waals surface area contributed by atoms with Crippen molar-refractivity contribution in [2.24, 2.45) is 11.3 Å². The van der Waals surface area contributed by atoms with Gasteiger partial charge >= 0.3 is 0 Å². The highest BCUT2D eigenvalue weighted by atomic mass is 16.3. The number of aliphatic hydroxyl groups is 1. The number of piperidine rings is 1. The molecule has 0 radical (unpaired) electrons. The lowest BCUT2D eigenvalue weighted by Gasteiger charge is -2.44. The molecule has 0 aromatic rings. The maximum absolute atomic E-state index is 9.13. The Balaban J connectivity index is 2.36. The molecule has 0 saturated carbocycles. The van der Waals surface area contributed by atoms with Crippen LogP contribution in [0, 0.1) is 11.3 Å². The van der Waals surface area contributed by atoms with Gasteiger partial charge in [0.25, 0.3) is 0 Å². The molecule has 0 amide bonds.